The molecule has 1 aliphatic heterocycles. The first-order chi connectivity index (χ1) is 22.7. The number of hydrogen-bond donors (Lipinski definition) is 3. The molecule has 6 rings (SSSR count). The van der Waals surface area contributed by atoms with Crippen molar-refractivity contribution in [1.29, 1.82) is 0 Å². The van der Waals surface area contributed by atoms with Crippen molar-refractivity contribution >= 4 is 28.5 Å². The molecular weight excluding hydrogens is 598 g/mol. The highest BCUT2D eigenvalue weighted by atomic mass is 16.5. The number of carbonyl (C=O) groups is 2. The van der Waals surface area contributed by atoms with E-state index in [2.05, 4.69) is 15.6 Å². The summed E-state index contributed by atoms with van der Waals surface area (Å²) >= 11 is 0. The van der Waals surface area contributed by atoms with Gasteiger partial charge in [0.25, 0.3) is 0 Å². The number of anilines is 1. The van der Waals surface area contributed by atoms with Gasteiger partial charge in [-0.2, -0.15) is 0 Å². The smallest absolute Gasteiger partial charge is 0.244 e. The Bertz CT molecular complexity index is 1850. The largest absolute Gasteiger partial charge is 0.493 e. The van der Waals surface area contributed by atoms with Crippen LogP contribution >= 0.6 is 0 Å². The van der Waals surface area contributed by atoms with Gasteiger partial charge in [-0.15, -0.1) is 0 Å². The zero-order valence-electron chi connectivity index (χ0n) is 27.4. The Balaban J connectivity index is 1.27. The normalized spacial score (nSPS) is 16.8. The van der Waals surface area contributed by atoms with Crippen LogP contribution in [0.5, 0.6) is 17.2 Å². The number of amides is 2. The van der Waals surface area contributed by atoms with Crippen LogP contribution in [0.15, 0.2) is 53.3 Å². The van der Waals surface area contributed by atoms with E-state index in [4.69, 9.17) is 19.2 Å². The number of piperidine rings is 1. The number of nitrogens with zero attached hydrogens (tertiary/aromatic N) is 2. The molecule has 0 bridgehead atoms. The summed E-state index contributed by atoms with van der Waals surface area (Å²) in [6.45, 7) is 4.45. The first-order valence-corrected chi connectivity index (χ1v) is 16.0. The Morgan fingerprint density at radius 1 is 0.979 bits per heavy atom. The van der Waals surface area contributed by atoms with E-state index in [-0.39, 0.29) is 23.2 Å². The maximum absolute atomic E-state index is 13.7. The van der Waals surface area contributed by atoms with Gasteiger partial charge in [0, 0.05) is 31.5 Å². The Labute approximate surface area is 273 Å². The number of imidazole rings is 1. The van der Waals surface area contributed by atoms with Crippen LogP contribution in [0.25, 0.3) is 22.2 Å². The number of fused-ring (bicyclic) bond motifs is 4. The molecule has 0 radical (unpaired) electrons. The summed E-state index contributed by atoms with van der Waals surface area (Å²) in [5, 5.41) is 6.21. The van der Waals surface area contributed by atoms with E-state index in [0.29, 0.717) is 54.4 Å². The molecule has 1 fully saturated rings. The molecule has 0 unspecified atom stereocenters. The molecule has 4 aromatic rings. The van der Waals surface area contributed by atoms with Gasteiger partial charge in [-0.3, -0.25) is 14.4 Å². The van der Waals surface area contributed by atoms with E-state index in [1.807, 2.05) is 41.3 Å². The average molecular weight is 640 g/mol. The summed E-state index contributed by atoms with van der Waals surface area (Å²) < 4.78 is 17.2. The standard InChI is InChI=1S/C36H41N5O6/c1-20(36(44)41-16-14-22(15-17-41)35-39-27-8-6-7-9-28(27)40-35)37-29-13-11-24-25(19-30(29)43)26(38-21(2)42)12-10-23-18-31(45-3)33(46-4)34(47-5)32(23)24/h6-9,11,13,18-20,22,26H,10,12,14-17H2,1-5H3,(H,37,43)(H,38,42)(H,39,40)/t20-,26-/m0/s1. The Hall–Kier alpha value is -5.06. The predicted octanol–water partition coefficient (Wildman–Crippen LogP) is 4.95. The average Bonchev–Trinajstić information content (AvgIpc) is 3.39. The molecular formula is C36H41N5O6. The summed E-state index contributed by atoms with van der Waals surface area (Å²) in [7, 11) is 4.68. The minimum atomic E-state index is -0.634. The Morgan fingerprint density at radius 3 is 2.40 bits per heavy atom. The molecule has 2 heterocycles. The van der Waals surface area contributed by atoms with Crippen LogP contribution in [0, 0.1) is 0 Å². The van der Waals surface area contributed by atoms with Crippen molar-refractivity contribution in [2.75, 3.05) is 39.7 Å². The number of likely N-dealkylation sites (tertiary alicyclic amines) is 1. The first-order valence-electron chi connectivity index (χ1n) is 16.0. The number of aromatic nitrogens is 2. The van der Waals surface area contributed by atoms with Gasteiger partial charge >= 0.3 is 0 Å². The van der Waals surface area contributed by atoms with E-state index in [1.165, 1.54) is 6.92 Å². The fraction of sp³-hybridized carbons (Fsp3) is 0.389. The highest BCUT2D eigenvalue weighted by Gasteiger charge is 2.31. The minimum Gasteiger partial charge on any atom is -0.493 e. The lowest BCUT2D eigenvalue weighted by atomic mass is 9.95. The van der Waals surface area contributed by atoms with Gasteiger partial charge in [0.05, 0.1) is 44.1 Å². The third-order valence-corrected chi connectivity index (χ3v) is 9.26. The number of aryl methyl sites for hydroxylation is 1. The number of aromatic amines is 1. The first kappa shape index (κ1) is 31.9. The molecule has 3 N–H and O–H groups in total. The zero-order chi connectivity index (χ0) is 33.2. The van der Waals surface area contributed by atoms with Crippen LogP contribution in [-0.4, -0.2) is 67.1 Å². The van der Waals surface area contributed by atoms with Crippen molar-refractivity contribution in [2.45, 2.75) is 57.5 Å². The van der Waals surface area contributed by atoms with Crippen molar-refractivity contribution in [1.82, 2.24) is 20.2 Å². The van der Waals surface area contributed by atoms with Gasteiger partial charge in [-0.05, 0) is 79.6 Å². The monoisotopic (exact) mass is 639 g/mol. The SMILES string of the molecule is COc1cc2c(c(OC)c1OC)-c1ccc(N[C@@H](C)C(=O)N3CCC(c4nc5ccccc5[nH]4)CC3)c(=O)cc1[C@@H](NC(C)=O)CC2. The van der Waals surface area contributed by atoms with E-state index in [1.54, 1.807) is 40.4 Å². The zero-order valence-corrected chi connectivity index (χ0v) is 27.4. The fourth-order valence-electron chi connectivity index (χ4n) is 6.93. The lowest BCUT2D eigenvalue weighted by Crippen LogP contribution is -2.45. The molecule has 0 spiro atoms. The number of benzene rings is 2. The van der Waals surface area contributed by atoms with Crippen molar-refractivity contribution < 1.29 is 23.8 Å². The van der Waals surface area contributed by atoms with E-state index in [0.717, 1.165) is 46.4 Å². The van der Waals surface area contributed by atoms with Gasteiger partial charge in [0.2, 0.25) is 23.0 Å². The molecule has 0 saturated carbocycles. The number of ether oxygens (including phenoxy) is 3. The Kier molecular flexibility index (Phi) is 9.06. The van der Waals surface area contributed by atoms with E-state index in [9.17, 15) is 14.4 Å². The van der Waals surface area contributed by atoms with Crippen LogP contribution in [0.1, 0.15) is 62.0 Å². The van der Waals surface area contributed by atoms with Gasteiger partial charge in [-0.1, -0.05) is 18.2 Å². The maximum Gasteiger partial charge on any atom is 0.244 e. The molecule has 2 amide bonds. The van der Waals surface area contributed by atoms with Crippen molar-refractivity contribution in [2.24, 2.45) is 0 Å². The van der Waals surface area contributed by atoms with Crippen LogP contribution in [-0.2, 0) is 16.0 Å². The van der Waals surface area contributed by atoms with Crippen molar-refractivity contribution in [3.8, 4) is 28.4 Å². The highest BCUT2D eigenvalue weighted by Crippen LogP contribution is 2.50. The number of nitrogens with one attached hydrogen (secondary N) is 3. The third-order valence-electron chi connectivity index (χ3n) is 9.26. The van der Waals surface area contributed by atoms with Crippen LogP contribution in [0.4, 0.5) is 5.69 Å². The van der Waals surface area contributed by atoms with E-state index < -0.39 is 12.1 Å². The van der Waals surface area contributed by atoms with Crippen molar-refractivity contribution in [3.05, 3.63) is 75.7 Å². The van der Waals surface area contributed by atoms with E-state index >= 15 is 0 Å². The number of rotatable bonds is 8. The summed E-state index contributed by atoms with van der Waals surface area (Å²) in [6, 6.07) is 14.0. The second kappa shape index (κ2) is 13.4. The number of H-pyrrole nitrogens is 1. The summed E-state index contributed by atoms with van der Waals surface area (Å²) in [6.07, 6.45) is 2.77. The summed E-state index contributed by atoms with van der Waals surface area (Å²) in [5.41, 5.74) is 5.07. The highest BCUT2D eigenvalue weighted by molar-refractivity contribution is 5.86. The second-order valence-electron chi connectivity index (χ2n) is 12.2. The van der Waals surface area contributed by atoms with Gasteiger partial charge in [-0.25, -0.2) is 4.98 Å². The van der Waals surface area contributed by atoms with Crippen LogP contribution in [0.3, 0.4) is 0 Å². The second-order valence-corrected chi connectivity index (χ2v) is 12.2. The van der Waals surface area contributed by atoms with Crippen LogP contribution < -0.4 is 30.3 Å². The lowest BCUT2D eigenvalue weighted by Gasteiger charge is -2.33. The van der Waals surface area contributed by atoms with Gasteiger partial charge < -0.3 is 34.7 Å². The molecule has 11 heteroatoms. The van der Waals surface area contributed by atoms with Crippen molar-refractivity contribution in [3.63, 3.8) is 0 Å². The number of para-hydroxylation sites is 2. The molecule has 2 aliphatic rings. The van der Waals surface area contributed by atoms with Gasteiger partial charge in [0.1, 0.15) is 11.9 Å². The molecule has 1 aromatic heterocycles. The summed E-state index contributed by atoms with van der Waals surface area (Å²) in [4.78, 5) is 49.6. The molecule has 1 aliphatic carbocycles. The molecule has 47 heavy (non-hydrogen) atoms. The molecule has 2 atom stereocenters. The third kappa shape index (κ3) is 6.22. The quantitative estimate of drug-likeness (QED) is 0.247. The van der Waals surface area contributed by atoms with Crippen LogP contribution in [0.2, 0.25) is 0 Å². The topological polar surface area (TPSA) is 135 Å². The Morgan fingerprint density at radius 2 is 1.72 bits per heavy atom. The molecule has 3 aromatic carbocycles. The van der Waals surface area contributed by atoms with Gasteiger partial charge in [0.15, 0.2) is 11.5 Å². The molecule has 1 saturated heterocycles. The number of carbonyl (C=O) groups excluding carboxylic acids is 2. The number of methoxy groups -OCH3 is 3. The minimum absolute atomic E-state index is 0.0690. The molecule has 246 valence electrons. The predicted molar refractivity (Wildman–Crippen MR) is 180 cm³/mol. The lowest BCUT2D eigenvalue weighted by molar-refractivity contribution is -0.132. The summed E-state index contributed by atoms with van der Waals surface area (Å²) in [5.74, 6) is 2.40. The number of hydrogen-bond acceptors (Lipinski definition) is 8. The maximum atomic E-state index is 13.7. The molecule has 11 nitrogen and oxygen atoms in total. The fourth-order valence-corrected chi connectivity index (χ4v) is 6.93.